The molecule has 1 fully saturated rings. The second-order valence-corrected chi connectivity index (χ2v) is 9.01. The zero-order valence-corrected chi connectivity index (χ0v) is 17.6. The van der Waals surface area contributed by atoms with Gasteiger partial charge in [-0.05, 0) is 62.2 Å². The van der Waals surface area contributed by atoms with Gasteiger partial charge in [-0.15, -0.1) is 0 Å². The number of methoxy groups -OCH3 is 1. The molecule has 1 amide bonds. The van der Waals surface area contributed by atoms with Crippen molar-refractivity contribution in [2.45, 2.75) is 32.2 Å². The average molecular weight is 419 g/mol. The second-order valence-electron chi connectivity index (χ2n) is 7.21. The monoisotopic (exact) mass is 418 g/mol. The number of carbonyl (C=O) groups is 1. The smallest absolute Gasteiger partial charge is 0.250 e. The molecule has 156 valence electrons. The van der Waals surface area contributed by atoms with Gasteiger partial charge in [0.25, 0.3) is 10.0 Å². The maximum Gasteiger partial charge on any atom is 0.250 e. The van der Waals surface area contributed by atoms with E-state index in [9.17, 15) is 13.2 Å². The highest BCUT2D eigenvalue weighted by atomic mass is 32.2. The topological polar surface area (TPSA) is 109 Å². The Morgan fingerprint density at radius 2 is 1.76 bits per heavy atom. The molecule has 0 spiro atoms. The van der Waals surface area contributed by atoms with Crippen LogP contribution < -0.4 is 25.6 Å². The largest absolute Gasteiger partial charge is 0.497 e. The Morgan fingerprint density at radius 3 is 2.41 bits per heavy atom. The lowest BCUT2D eigenvalue weighted by Gasteiger charge is -2.22. The highest BCUT2D eigenvalue weighted by molar-refractivity contribution is 7.93. The summed E-state index contributed by atoms with van der Waals surface area (Å²) in [5.74, 6) is -0.576. The zero-order valence-electron chi connectivity index (χ0n) is 16.8. The number of aryl methyl sites for hydroxylation is 2. The molecule has 2 aromatic carbocycles. The molecular weight excluding hydrogens is 392 g/mol. The van der Waals surface area contributed by atoms with Gasteiger partial charge in [-0.25, -0.2) is 13.8 Å². The number of carbonyl (C=O) groups excluding carboxylic acids is 1. The number of anilines is 2. The molecule has 3 unspecified atom stereocenters. The fourth-order valence-corrected chi connectivity index (χ4v) is 4.82. The summed E-state index contributed by atoms with van der Waals surface area (Å²) < 4.78 is 33.6. The minimum Gasteiger partial charge on any atom is -0.497 e. The number of sulfonamides is 1. The van der Waals surface area contributed by atoms with E-state index in [0.29, 0.717) is 17.1 Å². The van der Waals surface area contributed by atoms with E-state index in [4.69, 9.17) is 4.74 Å². The predicted molar refractivity (Wildman–Crippen MR) is 113 cm³/mol. The van der Waals surface area contributed by atoms with Crippen LogP contribution in [-0.4, -0.2) is 32.9 Å². The minimum absolute atomic E-state index is 0.367. The maximum atomic E-state index is 13.0. The van der Waals surface area contributed by atoms with Gasteiger partial charge in [0.05, 0.1) is 13.0 Å². The van der Waals surface area contributed by atoms with Crippen molar-refractivity contribution in [3.63, 3.8) is 0 Å². The lowest BCUT2D eigenvalue weighted by Crippen LogP contribution is -2.45. The lowest BCUT2D eigenvalue weighted by atomic mass is 10.0. The highest BCUT2D eigenvalue weighted by Crippen LogP contribution is 2.25. The molecule has 9 heteroatoms. The van der Waals surface area contributed by atoms with Gasteiger partial charge in [-0.3, -0.25) is 14.9 Å². The predicted octanol–water partition coefficient (Wildman–Crippen LogP) is 2.13. The van der Waals surface area contributed by atoms with Crippen LogP contribution >= 0.6 is 0 Å². The van der Waals surface area contributed by atoms with Gasteiger partial charge in [0.2, 0.25) is 5.91 Å². The van der Waals surface area contributed by atoms with E-state index in [0.717, 1.165) is 11.1 Å². The molecule has 29 heavy (non-hydrogen) atoms. The molecule has 3 atom stereocenters. The summed E-state index contributed by atoms with van der Waals surface area (Å²) >= 11 is 0. The standard InChI is InChI=1S/C20H26N4O4S/c1-12-5-6-13(2)17(11-12)21-19(25)18-14(3)22-23-20(18)29(26,27)24-15-7-9-16(28-4)10-8-15/h5-11,14,18,20,22-24H,1-4H3,(H,21,25). The molecule has 1 saturated heterocycles. The van der Waals surface area contributed by atoms with Crippen LogP contribution in [0.5, 0.6) is 5.75 Å². The Labute approximate surface area is 171 Å². The Kier molecular flexibility index (Phi) is 6.11. The van der Waals surface area contributed by atoms with Crippen LogP contribution in [0.2, 0.25) is 0 Å². The van der Waals surface area contributed by atoms with Crippen LogP contribution in [0.3, 0.4) is 0 Å². The van der Waals surface area contributed by atoms with E-state index in [1.54, 1.807) is 31.2 Å². The van der Waals surface area contributed by atoms with Crippen LogP contribution in [-0.2, 0) is 14.8 Å². The average Bonchev–Trinajstić information content (AvgIpc) is 3.07. The number of ether oxygens (including phenoxy) is 1. The molecule has 4 N–H and O–H groups in total. The van der Waals surface area contributed by atoms with Crippen LogP contribution in [0.25, 0.3) is 0 Å². The van der Waals surface area contributed by atoms with E-state index >= 15 is 0 Å². The van der Waals surface area contributed by atoms with Crippen LogP contribution in [0, 0.1) is 19.8 Å². The van der Waals surface area contributed by atoms with Crippen LogP contribution in [0.15, 0.2) is 42.5 Å². The fraction of sp³-hybridized carbons (Fsp3) is 0.350. The normalized spacial score (nSPS) is 21.6. The van der Waals surface area contributed by atoms with Crippen molar-refractivity contribution >= 4 is 27.3 Å². The summed E-state index contributed by atoms with van der Waals surface area (Å²) in [6.07, 6.45) is 0. The quantitative estimate of drug-likeness (QED) is 0.572. The first-order valence-electron chi connectivity index (χ1n) is 9.26. The molecule has 2 aromatic rings. The summed E-state index contributed by atoms with van der Waals surface area (Å²) in [7, 11) is -2.36. The molecule has 8 nitrogen and oxygen atoms in total. The summed E-state index contributed by atoms with van der Waals surface area (Å²) in [5.41, 5.74) is 8.60. The summed E-state index contributed by atoms with van der Waals surface area (Å²) in [5, 5.41) is 1.74. The van der Waals surface area contributed by atoms with Crippen LogP contribution in [0.1, 0.15) is 18.1 Å². The van der Waals surface area contributed by atoms with Crippen molar-refractivity contribution in [3.8, 4) is 5.75 Å². The summed E-state index contributed by atoms with van der Waals surface area (Å²) in [6.45, 7) is 5.59. The Balaban J connectivity index is 1.80. The molecule has 3 rings (SSSR count). The van der Waals surface area contributed by atoms with Crippen molar-refractivity contribution < 1.29 is 17.9 Å². The van der Waals surface area contributed by atoms with Crippen LogP contribution in [0.4, 0.5) is 11.4 Å². The van der Waals surface area contributed by atoms with E-state index < -0.39 is 21.3 Å². The molecule has 0 aliphatic carbocycles. The van der Waals surface area contributed by atoms with Crippen molar-refractivity contribution in [1.82, 2.24) is 10.9 Å². The van der Waals surface area contributed by atoms with Crippen molar-refractivity contribution in [2.75, 3.05) is 17.1 Å². The van der Waals surface area contributed by atoms with Gasteiger partial charge in [-0.1, -0.05) is 12.1 Å². The fourth-order valence-electron chi connectivity index (χ4n) is 3.26. The molecule has 1 aliphatic heterocycles. The lowest BCUT2D eigenvalue weighted by molar-refractivity contribution is -0.119. The molecule has 0 saturated carbocycles. The third-order valence-corrected chi connectivity index (χ3v) is 6.56. The number of nitrogens with one attached hydrogen (secondary N) is 4. The van der Waals surface area contributed by atoms with E-state index in [2.05, 4.69) is 20.9 Å². The van der Waals surface area contributed by atoms with Gasteiger partial charge in [-0.2, -0.15) is 0 Å². The number of hydrazine groups is 1. The number of hydrogen-bond acceptors (Lipinski definition) is 6. The summed E-state index contributed by atoms with van der Waals surface area (Å²) in [6, 6.07) is 11.9. The second kappa shape index (κ2) is 8.40. The van der Waals surface area contributed by atoms with E-state index in [1.807, 2.05) is 32.0 Å². The number of rotatable bonds is 6. The first-order valence-corrected chi connectivity index (χ1v) is 10.8. The molecule has 1 heterocycles. The Morgan fingerprint density at radius 1 is 1.07 bits per heavy atom. The molecule has 0 aromatic heterocycles. The van der Waals surface area contributed by atoms with E-state index in [-0.39, 0.29) is 11.9 Å². The third-order valence-electron chi connectivity index (χ3n) is 4.96. The Hall–Kier alpha value is -2.62. The van der Waals surface area contributed by atoms with Crippen molar-refractivity contribution in [1.29, 1.82) is 0 Å². The van der Waals surface area contributed by atoms with Crippen molar-refractivity contribution in [2.24, 2.45) is 5.92 Å². The zero-order chi connectivity index (χ0) is 21.2. The number of hydrogen-bond donors (Lipinski definition) is 4. The molecule has 0 radical (unpaired) electrons. The molecule has 0 bridgehead atoms. The van der Waals surface area contributed by atoms with Gasteiger partial charge in [0.1, 0.15) is 5.75 Å². The van der Waals surface area contributed by atoms with Gasteiger partial charge in [0, 0.05) is 17.4 Å². The summed E-state index contributed by atoms with van der Waals surface area (Å²) in [4.78, 5) is 13.0. The highest BCUT2D eigenvalue weighted by Gasteiger charge is 2.46. The number of benzene rings is 2. The minimum atomic E-state index is -3.90. The first kappa shape index (κ1) is 21.1. The third kappa shape index (κ3) is 4.69. The van der Waals surface area contributed by atoms with Gasteiger partial charge in [0.15, 0.2) is 5.37 Å². The van der Waals surface area contributed by atoms with E-state index in [1.165, 1.54) is 7.11 Å². The van der Waals surface area contributed by atoms with Gasteiger partial charge >= 0.3 is 0 Å². The molecular formula is C20H26N4O4S. The molecule has 1 aliphatic rings. The Bertz CT molecular complexity index is 992. The maximum absolute atomic E-state index is 13.0. The van der Waals surface area contributed by atoms with Crippen molar-refractivity contribution in [3.05, 3.63) is 53.6 Å². The number of amides is 1. The SMILES string of the molecule is COc1ccc(NS(=O)(=O)C2NNC(C)C2C(=O)Nc2cc(C)ccc2C)cc1. The van der Waals surface area contributed by atoms with Gasteiger partial charge < -0.3 is 10.1 Å². The first-order chi connectivity index (χ1) is 13.7.